The van der Waals surface area contributed by atoms with Gasteiger partial charge in [-0.25, -0.2) is 4.79 Å². The summed E-state index contributed by atoms with van der Waals surface area (Å²) in [5, 5.41) is 0. The van der Waals surface area contributed by atoms with Gasteiger partial charge in [-0.05, 0) is 50.9 Å². The van der Waals surface area contributed by atoms with Crippen molar-refractivity contribution in [3.63, 3.8) is 0 Å². The molecule has 5 aliphatic rings. The Hall–Kier alpha value is -1.34. The Morgan fingerprint density at radius 2 is 1.71 bits per heavy atom. The van der Waals surface area contributed by atoms with Crippen molar-refractivity contribution in [3.05, 3.63) is 0 Å². The highest BCUT2D eigenvalue weighted by Crippen LogP contribution is 2.43. The maximum absolute atomic E-state index is 13.1. The number of amides is 2. The van der Waals surface area contributed by atoms with Crippen molar-refractivity contribution in [3.8, 4) is 0 Å². The number of nitrogens with zero attached hydrogens (tertiary/aromatic N) is 3. The molecule has 2 amide bonds. The molecule has 1 saturated carbocycles. The van der Waals surface area contributed by atoms with Crippen LogP contribution in [0.2, 0.25) is 0 Å². The van der Waals surface area contributed by atoms with Crippen molar-refractivity contribution >= 4 is 12.0 Å². The van der Waals surface area contributed by atoms with E-state index in [0.29, 0.717) is 12.0 Å². The minimum absolute atomic E-state index is 0.0499. The molecule has 4 saturated heterocycles. The molecule has 35 heavy (non-hydrogen) atoms. The van der Waals surface area contributed by atoms with Crippen LogP contribution in [0.15, 0.2) is 0 Å². The van der Waals surface area contributed by atoms with Crippen molar-refractivity contribution in [1.29, 1.82) is 0 Å². The highest BCUT2D eigenvalue weighted by Gasteiger charge is 2.55. The smallest absolute Gasteiger partial charge is 0.410 e. The second-order valence-electron chi connectivity index (χ2n) is 11.8. The first-order valence-electron chi connectivity index (χ1n) is 14.7. The maximum Gasteiger partial charge on any atom is 0.410 e. The summed E-state index contributed by atoms with van der Waals surface area (Å²) in [4.78, 5) is 32.6. The van der Waals surface area contributed by atoms with Gasteiger partial charge in [-0.2, -0.15) is 0 Å². The fraction of sp³-hybridized carbons (Fsp3) is 0.929. The summed E-state index contributed by atoms with van der Waals surface area (Å²) in [5.74, 6) is 0.853. The average Bonchev–Trinajstić information content (AvgIpc) is 3.51. The number of likely N-dealkylation sites (tertiary alicyclic amines) is 2. The topological polar surface area (TPSA) is 62.3 Å². The molecule has 7 heteroatoms. The summed E-state index contributed by atoms with van der Waals surface area (Å²) < 4.78 is 11.9. The molecule has 4 aliphatic heterocycles. The van der Waals surface area contributed by atoms with E-state index in [0.717, 1.165) is 97.1 Å². The van der Waals surface area contributed by atoms with Crippen LogP contribution in [-0.4, -0.2) is 89.8 Å². The van der Waals surface area contributed by atoms with Gasteiger partial charge in [-0.15, -0.1) is 0 Å². The molecular formula is C28H47N3O4. The molecular weight excluding hydrogens is 442 g/mol. The van der Waals surface area contributed by atoms with Crippen molar-refractivity contribution in [2.75, 3.05) is 39.3 Å². The molecule has 0 bridgehead atoms. The zero-order valence-corrected chi connectivity index (χ0v) is 21.9. The van der Waals surface area contributed by atoms with E-state index in [1.807, 2.05) is 4.90 Å². The standard InChI is InChI=1S/C28H47N3O4/c1-2-3-11-25-28(35-27(33)31(25)21-22-8-5-4-6-9-22)14-18-29(19-15-28)23-12-16-30(17-13-23)26(32)24-10-7-20-34-24/h22-25H,2-21H2,1H3. The van der Waals surface area contributed by atoms with Crippen molar-refractivity contribution in [2.45, 2.75) is 121 Å². The van der Waals surface area contributed by atoms with Gasteiger partial charge < -0.3 is 19.3 Å². The molecule has 198 valence electrons. The van der Waals surface area contributed by atoms with Gasteiger partial charge in [0.25, 0.3) is 5.91 Å². The zero-order valence-electron chi connectivity index (χ0n) is 21.9. The highest BCUT2D eigenvalue weighted by atomic mass is 16.6. The summed E-state index contributed by atoms with van der Waals surface area (Å²) in [6.45, 7) is 7.55. The summed E-state index contributed by atoms with van der Waals surface area (Å²) >= 11 is 0. The number of piperidine rings is 2. The van der Waals surface area contributed by atoms with Crippen molar-refractivity contribution in [2.24, 2.45) is 5.92 Å². The molecule has 5 rings (SSSR count). The van der Waals surface area contributed by atoms with E-state index in [9.17, 15) is 9.59 Å². The van der Waals surface area contributed by atoms with Crippen LogP contribution >= 0.6 is 0 Å². The van der Waals surface area contributed by atoms with E-state index >= 15 is 0 Å². The third kappa shape index (κ3) is 5.51. The van der Waals surface area contributed by atoms with Crippen LogP contribution < -0.4 is 0 Å². The van der Waals surface area contributed by atoms with Crippen LogP contribution in [-0.2, 0) is 14.3 Å². The molecule has 0 aromatic carbocycles. The van der Waals surface area contributed by atoms with E-state index in [4.69, 9.17) is 9.47 Å². The Balaban J connectivity index is 1.16. The van der Waals surface area contributed by atoms with Crippen molar-refractivity contribution < 1.29 is 19.1 Å². The molecule has 1 aliphatic carbocycles. The Kier molecular flexibility index (Phi) is 8.22. The monoisotopic (exact) mass is 489 g/mol. The molecule has 0 aromatic heterocycles. The van der Waals surface area contributed by atoms with E-state index < -0.39 is 0 Å². The first-order valence-corrected chi connectivity index (χ1v) is 14.7. The molecule has 0 radical (unpaired) electrons. The van der Waals surface area contributed by atoms with Crippen LogP contribution in [0.4, 0.5) is 4.79 Å². The Bertz CT molecular complexity index is 718. The van der Waals surface area contributed by atoms with Crippen LogP contribution in [0, 0.1) is 5.92 Å². The molecule has 1 spiro atoms. The first-order chi connectivity index (χ1) is 17.1. The molecule has 4 heterocycles. The van der Waals surface area contributed by atoms with E-state index in [-0.39, 0.29) is 29.7 Å². The normalized spacial score (nSPS) is 30.8. The van der Waals surface area contributed by atoms with E-state index in [1.165, 1.54) is 32.1 Å². The summed E-state index contributed by atoms with van der Waals surface area (Å²) in [7, 11) is 0. The van der Waals surface area contributed by atoms with Crippen LogP contribution in [0.1, 0.15) is 96.8 Å². The second kappa shape index (κ2) is 11.4. The lowest BCUT2D eigenvalue weighted by Crippen LogP contribution is -2.56. The predicted octanol–water partition coefficient (Wildman–Crippen LogP) is 4.58. The number of ether oxygens (including phenoxy) is 2. The lowest BCUT2D eigenvalue weighted by Gasteiger charge is -2.46. The van der Waals surface area contributed by atoms with Gasteiger partial charge in [-0.3, -0.25) is 9.69 Å². The lowest BCUT2D eigenvalue weighted by atomic mass is 9.80. The second-order valence-corrected chi connectivity index (χ2v) is 11.8. The first kappa shape index (κ1) is 25.3. The molecule has 7 nitrogen and oxygen atoms in total. The number of carbonyl (C=O) groups excluding carboxylic acids is 2. The number of carbonyl (C=O) groups is 2. The quantitative estimate of drug-likeness (QED) is 0.524. The fourth-order valence-corrected chi connectivity index (χ4v) is 7.51. The summed E-state index contributed by atoms with van der Waals surface area (Å²) in [5.41, 5.74) is -0.298. The van der Waals surface area contributed by atoms with Gasteiger partial charge in [-0.1, -0.05) is 39.0 Å². The Labute approximate surface area is 211 Å². The number of unbranched alkanes of at least 4 members (excludes halogenated alkanes) is 1. The highest BCUT2D eigenvalue weighted by molar-refractivity contribution is 5.81. The Morgan fingerprint density at radius 1 is 0.971 bits per heavy atom. The minimum Gasteiger partial charge on any atom is -0.440 e. The van der Waals surface area contributed by atoms with Crippen LogP contribution in [0.25, 0.3) is 0 Å². The molecule has 0 aromatic rings. The minimum atomic E-state index is -0.298. The number of hydrogen-bond donors (Lipinski definition) is 0. The predicted molar refractivity (Wildman–Crippen MR) is 135 cm³/mol. The fourth-order valence-electron chi connectivity index (χ4n) is 7.51. The molecule has 2 atom stereocenters. The third-order valence-electron chi connectivity index (χ3n) is 9.66. The van der Waals surface area contributed by atoms with Gasteiger partial charge in [0.15, 0.2) is 0 Å². The van der Waals surface area contributed by atoms with Gasteiger partial charge in [0.05, 0.1) is 6.04 Å². The SMILES string of the molecule is CCCCC1N(CC2CCCCC2)C(=O)OC12CCN(C1CCN(C(=O)C3CCCO3)CC1)CC2. The van der Waals surface area contributed by atoms with Gasteiger partial charge >= 0.3 is 6.09 Å². The third-order valence-corrected chi connectivity index (χ3v) is 9.66. The van der Waals surface area contributed by atoms with E-state index in [2.05, 4.69) is 16.7 Å². The zero-order chi connectivity index (χ0) is 24.3. The van der Waals surface area contributed by atoms with Gasteiger partial charge in [0.1, 0.15) is 11.7 Å². The van der Waals surface area contributed by atoms with Crippen LogP contribution in [0.5, 0.6) is 0 Å². The largest absolute Gasteiger partial charge is 0.440 e. The Morgan fingerprint density at radius 3 is 2.37 bits per heavy atom. The number of rotatable bonds is 7. The molecule has 2 unspecified atom stereocenters. The lowest BCUT2D eigenvalue weighted by molar-refractivity contribution is -0.142. The average molecular weight is 490 g/mol. The summed E-state index contributed by atoms with van der Waals surface area (Å²) in [6, 6.07) is 0.773. The van der Waals surface area contributed by atoms with Gasteiger partial charge in [0, 0.05) is 58.2 Å². The van der Waals surface area contributed by atoms with E-state index in [1.54, 1.807) is 0 Å². The molecule has 0 N–H and O–H groups in total. The van der Waals surface area contributed by atoms with Crippen molar-refractivity contribution in [1.82, 2.24) is 14.7 Å². The molecule has 5 fully saturated rings. The summed E-state index contributed by atoms with van der Waals surface area (Å²) in [6.07, 6.45) is 15.5. The maximum atomic E-state index is 13.1. The number of hydrogen-bond acceptors (Lipinski definition) is 5. The van der Waals surface area contributed by atoms with Gasteiger partial charge in [0.2, 0.25) is 0 Å². The van der Waals surface area contributed by atoms with Crippen LogP contribution in [0.3, 0.4) is 0 Å².